The number of hydrogen-bond acceptors (Lipinski definition) is 5. The van der Waals surface area contributed by atoms with Crippen molar-refractivity contribution in [2.45, 2.75) is 19.8 Å². The van der Waals surface area contributed by atoms with E-state index in [1.807, 2.05) is 24.4 Å². The fraction of sp³-hybridized carbons (Fsp3) is 0.143. The van der Waals surface area contributed by atoms with E-state index in [0.717, 1.165) is 15.8 Å². The molecule has 0 unspecified atom stereocenters. The van der Waals surface area contributed by atoms with E-state index >= 15 is 0 Å². The van der Waals surface area contributed by atoms with Crippen LogP contribution in [0.15, 0.2) is 63.2 Å². The number of thiophene rings is 1. The van der Waals surface area contributed by atoms with Crippen molar-refractivity contribution in [1.29, 1.82) is 0 Å². The fourth-order valence-corrected chi connectivity index (χ4v) is 3.89. The quantitative estimate of drug-likeness (QED) is 0.417. The number of halogens is 1. The van der Waals surface area contributed by atoms with Gasteiger partial charge in [0.1, 0.15) is 11.5 Å². The highest BCUT2D eigenvalue weighted by Gasteiger charge is 2.17. The van der Waals surface area contributed by atoms with Crippen molar-refractivity contribution >= 4 is 39.0 Å². The molecule has 0 fully saturated rings. The van der Waals surface area contributed by atoms with Crippen molar-refractivity contribution in [3.8, 4) is 16.5 Å². The van der Waals surface area contributed by atoms with Crippen LogP contribution >= 0.6 is 27.3 Å². The summed E-state index contributed by atoms with van der Waals surface area (Å²) in [5, 5.41) is 9.44. The molecule has 7 nitrogen and oxygen atoms in total. The van der Waals surface area contributed by atoms with Crippen LogP contribution in [0.5, 0.6) is 0 Å². The molecule has 0 saturated heterocycles. The molecule has 0 radical (unpaired) electrons. The summed E-state index contributed by atoms with van der Waals surface area (Å²) in [6, 6.07) is 14.2. The Kier molecular flexibility index (Phi) is 5.91. The summed E-state index contributed by atoms with van der Waals surface area (Å²) in [5.41, 5.74) is 1.60. The second-order valence-electron chi connectivity index (χ2n) is 6.58. The average molecular weight is 484 g/mol. The molecule has 30 heavy (non-hydrogen) atoms. The molecule has 1 aromatic carbocycles. The van der Waals surface area contributed by atoms with Gasteiger partial charge in [0.2, 0.25) is 5.95 Å². The number of anilines is 1. The summed E-state index contributed by atoms with van der Waals surface area (Å²) >= 11 is 4.91. The van der Waals surface area contributed by atoms with E-state index in [2.05, 4.69) is 36.3 Å². The lowest BCUT2D eigenvalue weighted by molar-refractivity contribution is 0.102. The lowest BCUT2D eigenvalue weighted by Crippen LogP contribution is -2.19. The molecule has 3 heterocycles. The van der Waals surface area contributed by atoms with E-state index in [9.17, 15) is 9.59 Å². The van der Waals surface area contributed by atoms with Gasteiger partial charge in [-0.25, -0.2) is 4.98 Å². The Balaban J connectivity index is 1.76. The SMILES string of the molecule is CCCc1cc(=O)[nH]c(-n2nc(-c3cccs3)cc2NC(=O)c2ccc(Br)cc2)n1. The molecule has 4 rings (SSSR count). The predicted octanol–water partition coefficient (Wildman–Crippen LogP) is 4.65. The van der Waals surface area contributed by atoms with Crippen molar-refractivity contribution in [2.24, 2.45) is 0 Å². The zero-order chi connectivity index (χ0) is 21.1. The minimum absolute atomic E-state index is 0.262. The lowest BCUT2D eigenvalue weighted by atomic mass is 10.2. The first-order chi connectivity index (χ1) is 14.5. The number of H-pyrrole nitrogens is 1. The molecular weight excluding hydrogens is 466 g/mol. The highest BCUT2D eigenvalue weighted by molar-refractivity contribution is 9.10. The maximum Gasteiger partial charge on any atom is 0.256 e. The summed E-state index contributed by atoms with van der Waals surface area (Å²) in [7, 11) is 0. The Morgan fingerprint density at radius 2 is 2.03 bits per heavy atom. The van der Waals surface area contributed by atoms with E-state index < -0.39 is 0 Å². The normalized spacial score (nSPS) is 10.9. The van der Waals surface area contributed by atoms with Crippen LogP contribution in [-0.2, 0) is 6.42 Å². The second kappa shape index (κ2) is 8.76. The molecule has 0 aliphatic carbocycles. The summed E-state index contributed by atoms with van der Waals surface area (Å²) in [6.45, 7) is 2.02. The molecule has 0 saturated carbocycles. The van der Waals surface area contributed by atoms with Crippen LogP contribution in [-0.4, -0.2) is 25.7 Å². The fourth-order valence-electron chi connectivity index (χ4n) is 2.94. The molecule has 0 bridgehead atoms. The molecular formula is C21H18BrN5O2S. The van der Waals surface area contributed by atoms with E-state index in [0.29, 0.717) is 29.2 Å². The second-order valence-corrected chi connectivity index (χ2v) is 8.44. The van der Waals surface area contributed by atoms with Gasteiger partial charge in [-0.1, -0.05) is 35.3 Å². The van der Waals surface area contributed by atoms with E-state index in [4.69, 9.17) is 0 Å². The van der Waals surface area contributed by atoms with Gasteiger partial charge in [-0.05, 0) is 42.1 Å². The Morgan fingerprint density at radius 3 is 2.73 bits per heavy atom. The zero-order valence-electron chi connectivity index (χ0n) is 16.1. The molecule has 152 valence electrons. The topological polar surface area (TPSA) is 92.7 Å². The number of nitrogens with one attached hydrogen (secondary N) is 2. The minimum Gasteiger partial charge on any atom is -0.306 e. The first-order valence-corrected chi connectivity index (χ1v) is 11.0. The Labute approximate surface area is 184 Å². The summed E-state index contributed by atoms with van der Waals surface area (Å²) < 4.78 is 2.35. The number of aryl methyl sites for hydroxylation is 1. The third kappa shape index (κ3) is 4.42. The smallest absolute Gasteiger partial charge is 0.256 e. The number of nitrogens with zero attached hydrogens (tertiary/aromatic N) is 3. The Hall–Kier alpha value is -3.04. The number of benzene rings is 1. The van der Waals surface area contributed by atoms with E-state index in [-0.39, 0.29) is 17.4 Å². The largest absolute Gasteiger partial charge is 0.306 e. The first kappa shape index (κ1) is 20.2. The number of carbonyl (C=O) groups excluding carboxylic acids is 1. The average Bonchev–Trinajstić information content (AvgIpc) is 3.38. The number of aromatic amines is 1. The van der Waals surface area contributed by atoms with E-state index in [1.165, 1.54) is 22.1 Å². The van der Waals surface area contributed by atoms with Gasteiger partial charge < -0.3 is 5.32 Å². The van der Waals surface area contributed by atoms with Gasteiger partial charge in [0.15, 0.2) is 0 Å². The van der Waals surface area contributed by atoms with Crippen molar-refractivity contribution in [1.82, 2.24) is 19.7 Å². The molecule has 4 aromatic rings. The Morgan fingerprint density at radius 1 is 1.23 bits per heavy atom. The predicted molar refractivity (Wildman–Crippen MR) is 121 cm³/mol. The van der Waals surface area contributed by atoms with Crippen molar-refractivity contribution in [3.63, 3.8) is 0 Å². The molecule has 0 atom stereocenters. The molecule has 2 N–H and O–H groups in total. The van der Waals surface area contributed by atoms with Crippen LogP contribution in [0.4, 0.5) is 5.82 Å². The summed E-state index contributed by atoms with van der Waals surface area (Å²) in [5.74, 6) is 0.399. The third-order valence-corrected chi connectivity index (χ3v) is 5.74. The van der Waals surface area contributed by atoms with Gasteiger partial charge in [-0.2, -0.15) is 9.78 Å². The monoisotopic (exact) mass is 483 g/mol. The number of carbonyl (C=O) groups is 1. The third-order valence-electron chi connectivity index (χ3n) is 4.32. The number of amides is 1. The maximum absolute atomic E-state index is 12.8. The van der Waals surface area contributed by atoms with Crippen LogP contribution < -0.4 is 10.9 Å². The Bertz CT molecular complexity index is 1230. The van der Waals surface area contributed by atoms with Gasteiger partial charge in [-0.3, -0.25) is 14.6 Å². The van der Waals surface area contributed by atoms with Crippen LogP contribution in [0, 0.1) is 0 Å². The number of rotatable bonds is 6. The van der Waals surface area contributed by atoms with E-state index in [1.54, 1.807) is 30.3 Å². The van der Waals surface area contributed by atoms with Gasteiger partial charge in [0, 0.05) is 27.9 Å². The van der Waals surface area contributed by atoms with Crippen molar-refractivity contribution in [2.75, 3.05) is 5.32 Å². The summed E-state index contributed by atoms with van der Waals surface area (Å²) in [4.78, 5) is 33.1. The number of hydrogen-bond donors (Lipinski definition) is 2. The van der Waals surface area contributed by atoms with Gasteiger partial charge in [0.25, 0.3) is 11.5 Å². The lowest BCUT2D eigenvalue weighted by Gasteiger charge is -2.09. The zero-order valence-corrected chi connectivity index (χ0v) is 18.5. The highest BCUT2D eigenvalue weighted by Crippen LogP contribution is 2.27. The van der Waals surface area contributed by atoms with Crippen molar-refractivity contribution < 1.29 is 4.79 Å². The molecule has 3 aromatic heterocycles. The van der Waals surface area contributed by atoms with Crippen molar-refractivity contribution in [3.05, 3.63) is 80.0 Å². The maximum atomic E-state index is 12.8. The standard InChI is InChI=1S/C21H18BrN5O2S/c1-2-4-15-11-19(28)25-21(23-15)27-18(12-16(26-27)17-5-3-10-30-17)24-20(29)13-6-8-14(22)9-7-13/h3,5-12H,2,4H2,1H3,(H,24,29)(H,23,25,28). The molecule has 0 aliphatic heterocycles. The van der Waals surface area contributed by atoms with Crippen LogP contribution in [0.3, 0.4) is 0 Å². The first-order valence-electron chi connectivity index (χ1n) is 9.35. The highest BCUT2D eigenvalue weighted by atomic mass is 79.9. The van der Waals surface area contributed by atoms with Crippen LogP contribution in [0.2, 0.25) is 0 Å². The summed E-state index contributed by atoms with van der Waals surface area (Å²) in [6.07, 6.45) is 1.54. The molecule has 0 aliphatic rings. The van der Waals surface area contributed by atoms with Crippen LogP contribution in [0.25, 0.3) is 16.5 Å². The molecule has 9 heteroatoms. The van der Waals surface area contributed by atoms with Gasteiger partial charge in [-0.15, -0.1) is 11.3 Å². The van der Waals surface area contributed by atoms with Gasteiger partial charge in [0.05, 0.1) is 4.88 Å². The van der Waals surface area contributed by atoms with Gasteiger partial charge >= 0.3 is 0 Å². The molecule has 1 amide bonds. The van der Waals surface area contributed by atoms with Crippen LogP contribution in [0.1, 0.15) is 29.4 Å². The molecule has 0 spiro atoms. The minimum atomic E-state index is -0.284. The number of aromatic nitrogens is 4.